The van der Waals surface area contributed by atoms with Gasteiger partial charge in [0.1, 0.15) is 11.3 Å². The van der Waals surface area contributed by atoms with Crippen LogP contribution in [-0.2, 0) is 6.42 Å². The topological polar surface area (TPSA) is 55.1 Å². The molecule has 4 nitrogen and oxygen atoms in total. The second kappa shape index (κ2) is 4.79. The number of hydrogen-bond acceptors (Lipinski definition) is 3. The first-order valence-electron chi connectivity index (χ1n) is 4.94. The van der Waals surface area contributed by atoms with Gasteiger partial charge >= 0.3 is 0 Å². The van der Waals surface area contributed by atoms with E-state index in [-0.39, 0.29) is 5.91 Å². The largest absolute Gasteiger partial charge is 0.361 e. The Morgan fingerprint density at radius 1 is 1.50 bits per heavy atom. The van der Waals surface area contributed by atoms with Crippen LogP contribution < -0.4 is 5.32 Å². The first kappa shape index (κ1) is 10.8. The van der Waals surface area contributed by atoms with Gasteiger partial charge in [-0.1, -0.05) is 19.0 Å². The summed E-state index contributed by atoms with van der Waals surface area (Å²) < 4.78 is 4.98. The number of rotatable bonds is 4. The van der Waals surface area contributed by atoms with Gasteiger partial charge in [0.2, 0.25) is 0 Å². The Balaban J connectivity index is 2.82. The summed E-state index contributed by atoms with van der Waals surface area (Å²) >= 11 is 0. The summed E-state index contributed by atoms with van der Waals surface area (Å²) in [6, 6.07) is 0. The van der Waals surface area contributed by atoms with Crippen molar-refractivity contribution in [2.45, 2.75) is 33.6 Å². The Hall–Kier alpha value is -1.32. The molecule has 0 atom stereocenters. The van der Waals surface area contributed by atoms with Gasteiger partial charge in [-0.2, -0.15) is 0 Å². The smallest absolute Gasteiger partial charge is 0.256 e. The van der Waals surface area contributed by atoms with E-state index < -0.39 is 0 Å². The van der Waals surface area contributed by atoms with Gasteiger partial charge in [-0.05, 0) is 19.8 Å². The van der Waals surface area contributed by atoms with Crippen LogP contribution in [0.2, 0.25) is 0 Å². The first-order valence-corrected chi connectivity index (χ1v) is 4.94. The SMILES string of the molecule is CCCNC(=O)c1c(CC)noc1C. The van der Waals surface area contributed by atoms with Crippen LogP contribution in [0.15, 0.2) is 4.52 Å². The molecule has 1 aromatic rings. The number of amides is 1. The highest BCUT2D eigenvalue weighted by Gasteiger charge is 2.17. The van der Waals surface area contributed by atoms with Crippen LogP contribution in [0.3, 0.4) is 0 Å². The van der Waals surface area contributed by atoms with Crippen LogP contribution in [-0.4, -0.2) is 17.6 Å². The molecule has 0 saturated heterocycles. The lowest BCUT2D eigenvalue weighted by Gasteiger charge is -2.02. The number of carbonyl (C=O) groups excluding carboxylic acids is 1. The van der Waals surface area contributed by atoms with E-state index in [9.17, 15) is 4.79 Å². The summed E-state index contributed by atoms with van der Waals surface area (Å²) in [5, 5.41) is 6.64. The van der Waals surface area contributed by atoms with Crippen molar-refractivity contribution >= 4 is 5.91 Å². The Bertz CT molecular complexity index is 318. The quantitative estimate of drug-likeness (QED) is 0.797. The maximum Gasteiger partial charge on any atom is 0.256 e. The zero-order chi connectivity index (χ0) is 10.6. The van der Waals surface area contributed by atoms with E-state index >= 15 is 0 Å². The van der Waals surface area contributed by atoms with Gasteiger partial charge < -0.3 is 9.84 Å². The zero-order valence-corrected chi connectivity index (χ0v) is 8.89. The van der Waals surface area contributed by atoms with Crippen LogP contribution >= 0.6 is 0 Å². The Morgan fingerprint density at radius 2 is 2.21 bits per heavy atom. The van der Waals surface area contributed by atoms with Gasteiger partial charge in [0.05, 0.1) is 5.69 Å². The fourth-order valence-electron chi connectivity index (χ4n) is 1.28. The minimum absolute atomic E-state index is 0.0811. The first-order chi connectivity index (χ1) is 6.70. The molecule has 1 rings (SSSR count). The molecule has 1 amide bonds. The van der Waals surface area contributed by atoms with E-state index in [1.807, 2.05) is 13.8 Å². The van der Waals surface area contributed by atoms with E-state index in [1.54, 1.807) is 6.92 Å². The van der Waals surface area contributed by atoms with Gasteiger partial charge in [-0.15, -0.1) is 0 Å². The normalized spacial score (nSPS) is 10.2. The number of nitrogens with one attached hydrogen (secondary N) is 1. The fourth-order valence-corrected chi connectivity index (χ4v) is 1.28. The Labute approximate surface area is 83.7 Å². The molecule has 78 valence electrons. The van der Waals surface area contributed by atoms with E-state index in [2.05, 4.69) is 10.5 Å². The minimum atomic E-state index is -0.0811. The van der Waals surface area contributed by atoms with Crippen molar-refractivity contribution < 1.29 is 9.32 Å². The molecule has 0 aliphatic heterocycles. The maximum absolute atomic E-state index is 11.7. The maximum atomic E-state index is 11.7. The summed E-state index contributed by atoms with van der Waals surface area (Å²) in [5.74, 6) is 0.512. The van der Waals surface area contributed by atoms with E-state index in [4.69, 9.17) is 4.52 Å². The molecule has 0 radical (unpaired) electrons. The monoisotopic (exact) mass is 196 g/mol. The average molecular weight is 196 g/mol. The van der Waals surface area contributed by atoms with Crippen molar-refractivity contribution in [2.75, 3.05) is 6.54 Å². The van der Waals surface area contributed by atoms with Crippen molar-refractivity contribution in [3.05, 3.63) is 17.0 Å². The lowest BCUT2D eigenvalue weighted by atomic mass is 10.1. The van der Waals surface area contributed by atoms with Crippen molar-refractivity contribution in [1.29, 1.82) is 0 Å². The lowest BCUT2D eigenvalue weighted by molar-refractivity contribution is 0.0951. The second-order valence-electron chi connectivity index (χ2n) is 3.17. The van der Waals surface area contributed by atoms with Gasteiger partial charge in [0, 0.05) is 6.54 Å². The molecular weight excluding hydrogens is 180 g/mol. The van der Waals surface area contributed by atoms with Crippen LogP contribution in [0.4, 0.5) is 0 Å². The molecule has 1 heterocycles. The van der Waals surface area contributed by atoms with Crippen LogP contribution in [0.5, 0.6) is 0 Å². The number of hydrogen-bond donors (Lipinski definition) is 1. The highest BCUT2D eigenvalue weighted by Crippen LogP contribution is 2.13. The van der Waals surface area contributed by atoms with Crippen LogP contribution in [0, 0.1) is 6.92 Å². The van der Waals surface area contributed by atoms with Crippen LogP contribution in [0.1, 0.15) is 42.1 Å². The molecule has 0 spiro atoms. The van der Waals surface area contributed by atoms with E-state index in [0.29, 0.717) is 24.3 Å². The summed E-state index contributed by atoms with van der Waals surface area (Å²) in [7, 11) is 0. The number of aryl methyl sites for hydroxylation is 2. The highest BCUT2D eigenvalue weighted by atomic mass is 16.5. The van der Waals surface area contributed by atoms with E-state index in [1.165, 1.54) is 0 Å². The molecule has 0 unspecified atom stereocenters. The summed E-state index contributed by atoms with van der Waals surface area (Å²) in [6.45, 7) is 6.41. The van der Waals surface area contributed by atoms with Crippen molar-refractivity contribution in [1.82, 2.24) is 10.5 Å². The molecule has 1 N–H and O–H groups in total. The predicted molar refractivity (Wildman–Crippen MR) is 53.2 cm³/mol. The molecule has 0 fully saturated rings. The number of nitrogens with zero attached hydrogens (tertiary/aromatic N) is 1. The second-order valence-corrected chi connectivity index (χ2v) is 3.17. The standard InChI is InChI=1S/C10H16N2O2/c1-4-6-11-10(13)9-7(3)14-12-8(9)5-2/h4-6H2,1-3H3,(H,11,13). The molecular formula is C10H16N2O2. The molecule has 0 saturated carbocycles. The molecule has 0 bridgehead atoms. The summed E-state index contributed by atoms with van der Waals surface area (Å²) in [4.78, 5) is 11.7. The molecule has 0 aliphatic rings. The third kappa shape index (κ3) is 2.13. The fraction of sp³-hybridized carbons (Fsp3) is 0.600. The molecule has 4 heteroatoms. The van der Waals surface area contributed by atoms with Crippen molar-refractivity contribution in [2.24, 2.45) is 0 Å². The lowest BCUT2D eigenvalue weighted by Crippen LogP contribution is -2.25. The highest BCUT2D eigenvalue weighted by molar-refractivity contribution is 5.96. The summed E-state index contributed by atoms with van der Waals surface area (Å²) in [5.41, 5.74) is 1.33. The van der Waals surface area contributed by atoms with Gasteiger partial charge in [-0.3, -0.25) is 4.79 Å². The average Bonchev–Trinajstić information content (AvgIpc) is 2.56. The molecule has 14 heavy (non-hydrogen) atoms. The minimum Gasteiger partial charge on any atom is -0.361 e. The van der Waals surface area contributed by atoms with Gasteiger partial charge in [0.15, 0.2) is 0 Å². The summed E-state index contributed by atoms with van der Waals surface area (Å²) in [6.07, 6.45) is 1.64. The molecule has 0 aromatic carbocycles. The van der Waals surface area contributed by atoms with Gasteiger partial charge in [0.25, 0.3) is 5.91 Å². The van der Waals surface area contributed by atoms with Crippen LogP contribution in [0.25, 0.3) is 0 Å². The predicted octanol–water partition coefficient (Wildman–Crippen LogP) is 1.69. The van der Waals surface area contributed by atoms with Crippen molar-refractivity contribution in [3.8, 4) is 0 Å². The third-order valence-electron chi connectivity index (χ3n) is 2.03. The third-order valence-corrected chi connectivity index (χ3v) is 2.03. The molecule has 0 aliphatic carbocycles. The van der Waals surface area contributed by atoms with Gasteiger partial charge in [-0.25, -0.2) is 0 Å². The Morgan fingerprint density at radius 3 is 2.79 bits per heavy atom. The van der Waals surface area contributed by atoms with E-state index in [0.717, 1.165) is 12.1 Å². The Kier molecular flexibility index (Phi) is 3.68. The van der Waals surface area contributed by atoms with Crippen molar-refractivity contribution in [3.63, 3.8) is 0 Å². The zero-order valence-electron chi connectivity index (χ0n) is 8.89. The molecule has 1 aromatic heterocycles. The number of carbonyl (C=O) groups is 1. The number of aromatic nitrogens is 1.